The second-order valence-corrected chi connectivity index (χ2v) is 7.20. The molecule has 144 valence electrons. The van der Waals surface area contributed by atoms with Gasteiger partial charge in [-0.3, -0.25) is 4.79 Å². The van der Waals surface area contributed by atoms with E-state index in [1.807, 2.05) is 72.5 Å². The molecule has 0 aliphatic carbocycles. The third-order valence-electron chi connectivity index (χ3n) is 4.81. The minimum Gasteiger partial charge on any atom is -0.373 e. The Kier molecular flexibility index (Phi) is 6.57. The number of piperazine rings is 1. The van der Waals surface area contributed by atoms with Crippen molar-refractivity contribution < 1.29 is 4.79 Å². The molecule has 28 heavy (non-hydrogen) atoms. The molecule has 1 fully saturated rings. The summed E-state index contributed by atoms with van der Waals surface area (Å²) < 4.78 is 0. The van der Waals surface area contributed by atoms with Gasteiger partial charge in [0.05, 0.1) is 6.04 Å². The van der Waals surface area contributed by atoms with Crippen LogP contribution in [0.15, 0.2) is 66.4 Å². The lowest BCUT2D eigenvalue weighted by atomic mass is 10.1. The Balaban J connectivity index is 1.59. The molecule has 1 saturated heterocycles. The number of hydrogen-bond donors (Lipinski definition) is 1. The van der Waals surface area contributed by atoms with E-state index in [4.69, 9.17) is 11.6 Å². The minimum absolute atomic E-state index is 0.124. The number of nitrogens with one attached hydrogen (secondary N) is 1. The standard InChI is InChI=1S/C22H23ClN4O/c1-17(18-6-3-2-4-7-18)25-22(28)19(15-24)16-26-10-12-27(13-11-26)21-9-5-8-20(23)14-21/h2-9,14,16-17H,10-13H2,1H3,(H,25,28)/b19-16-. The monoisotopic (exact) mass is 394 g/mol. The van der Waals surface area contributed by atoms with Gasteiger partial charge >= 0.3 is 0 Å². The molecular weight excluding hydrogens is 372 g/mol. The predicted molar refractivity (Wildman–Crippen MR) is 112 cm³/mol. The van der Waals surface area contributed by atoms with Gasteiger partial charge in [0.2, 0.25) is 0 Å². The van der Waals surface area contributed by atoms with Crippen molar-refractivity contribution in [3.63, 3.8) is 0 Å². The van der Waals surface area contributed by atoms with Crippen LogP contribution in [0.25, 0.3) is 0 Å². The maximum Gasteiger partial charge on any atom is 0.263 e. The molecule has 1 N–H and O–H groups in total. The molecule has 2 aromatic rings. The van der Waals surface area contributed by atoms with Gasteiger partial charge in [0, 0.05) is 43.1 Å². The SMILES string of the molecule is CC(NC(=O)/C(C#N)=C\N1CCN(c2cccc(Cl)c2)CC1)c1ccccc1. The molecule has 5 nitrogen and oxygen atoms in total. The number of nitrogens with zero attached hydrogens (tertiary/aromatic N) is 3. The molecule has 6 heteroatoms. The van der Waals surface area contributed by atoms with Crippen molar-refractivity contribution in [2.75, 3.05) is 31.1 Å². The minimum atomic E-state index is -0.351. The van der Waals surface area contributed by atoms with Crippen LogP contribution in [0.1, 0.15) is 18.5 Å². The van der Waals surface area contributed by atoms with E-state index >= 15 is 0 Å². The van der Waals surface area contributed by atoms with Gasteiger partial charge in [-0.15, -0.1) is 0 Å². The van der Waals surface area contributed by atoms with Crippen LogP contribution in [0, 0.1) is 11.3 Å². The first-order valence-corrected chi connectivity index (χ1v) is 9.67. The number of hydrogen-bond acceptors (Lipinski definition) is 4. The Morgan fingerprint density at radius 2 is 1.86 bits per heavy atom. The largest absolute Gasteiger partial charge is 0.373 e. The summed E-state index contributed by atoms with van der Waals surface area (Å²) in [4.78, 5) is 16.8. The van der Waals surface area contributed by atoms with Crippen LogP contribution in [0.3, 0.4) is 0 Å². The third kappa shape index (κ3) is 5.05. The number of rotatable bonds is 5. The van der Waals surface area contributed by atoms with Crippen molar-refractivity contribution in [3.8, 4) is 6.07 Å². The summed E-state index contributed by atoms with van der Waals surface area (Å²) in [5, 5.41) is 13.1. The van der Waals surface area contributed by atoms with E-state index in [1.165, 1.54) is 0 Å². The lowest BCUT2D eigenvalue weighted by molar-refractivity contribution is -0.117. The Morgan fingerprint density at radius 3 is 2.50 bits per heavy atom. The van der Waals surface area contributed by atoms with Crippen LogP contribution in [0.4, 0.5) is 5.69 Å². The van der Waals surface area contributed by atoms with Crippen LogP contribution in [-0.2, 0) is 4.79 Å². The molecule has 0 bridgehead atoms. The van der Waals surface area contributed by atoms with Crippen molar-refractivity contribution in [1.82, 2.24) is 10.2 Å². The highest BCUT2D eigenvalue weighted by Crippen LogP contribution is 2.21. The first-order valence-electron chi connectivity index (χ1n) is 9.29. The van der Waals surface area contributed by atoms with E-state index in [9.17, 15) is 10.1 Å². The topological polar surface area (TPSA) is 59.4 Å². The summed E-state index contributed by atoms with van der Waals surface area (Å²) in [5.74, 6) is -0.351. The molecule has 1 amide bonds. The molecule has 3 rings (SSSR count). The molecule has 1 aliphatic heterocycles. The van der Waals surface area contributed by atoms with E-state index in [1.54, 1.807) is 6.20 Å². The number of carbonyl (C=O) groups excluding carboxylic acids is 1. The molecule has 1 atom stereocenters. The Bertz CT molecular complexity index is 883. The van der Waals surface area contributed by atoms with Crippen LogP contribution >= 0.6 is 11.6 Å². The maximum absolute atomic E-state index is 12.5. The first-order chi connectivity index (χ1) is 13.6. The molecule has 1 unspecified atom stereocenters. The van der Waals surface area contributed by atoms with Crippen LogP contribution in [0.5, 0.6) is 0 Å². The quantitative estimate of drug-likeness (QED) is 0.619. The number of halogens is 1. The van der Waals surface area contributed by atoms with E-state index in [2.05, 4.69) is 10.2 Å². The molecule has 0 radical (unpaired) electrons. The smallest absolute Gasteiger partial charge is 0.263 e. The predicted octanol–water partition coefficient (Wildman–Crippen LogP) is 3.75. The second-order valence-electron chi connectivity index (χ2n) is 6.76. The van der Waals surface area contributed by atoms with E-state index in [0.717, 1.165) is 42.5 Å². The average molecular weight is 395 g/mol. The highest BCUT2D eigenvalue weighted by molar-refractivity contribution is 6.30. The van der Waals surface area contributed by atoms with Crippen LogP contribution < -0.4 is 10.2 Å². The fourth-order valence-electron chi connectivity index (χ4n) is 3.20. The molecule has 1 aliphatic rings. The van der Waals surface area contributed by atoms with E-state index < -0.39 is 0 Å². The summed E-state index contributed by atoms with van der Waals surface area (Å²) in [6, 6.07) is 19.4. The van der Waals surface area contributed by atoms with Gasteiger partial charge in [-0.05, 0) is 30.7 Å². The number of anilines is 1. The van der Waals surface area contributed by atoms with Crippen LogP contribution in [-0.4, -0.2) is 37.0 Å². The Hall–Kier alpha value is -2.97. The normalized spacial score (nSPS) is 15.7. The zero-order valence-electron chi connectivity index (χ0n) is 15.8. The fraction of sp³-hybridized carbons (Fsp3) is 0.273. The summed E-state index contributed by atoms with van der Waals surface area (Å²) in [5.41, 5.74) is 2.22. The van der Waals surface area contributed by atoms with Gasteiger partial charge in [0.25, 0.3) is 5.91 Å². The molecular formula is C22H23ClN4O. The van der Waals surface area contributed by atoms with Gasteiger partial charge in [0.15, 0.2) is 0 Å². The van der Waals surface area contributed by atoms with Gasteiger partial charge in [0.1, 0.15) is 11.6 Å². The summed E-state index contributed by atoms with van der Waals surface area (Å²) >= 11 is 6.07. The van der Waals surface area contributed by atoms with Gasteiger partial charge in [-0.25, -0.2) is 0 Å². The molecule has 0 saturated carbocycles. The number of nitriles is 1. The van der Waals surface area contributed by atoms with Crippen molar-refractivity contribution in [1.29, 1.82) is 5.26 Å². The van der Waals surface area contributed by atoms with E-state index in [0.29, 0.717) is 0 Å². The van der Waals surface area contributed by atoms with Gasteiger partial charge in [-0.1, -0.05) is 48.0 Å². The summed E-state index contributed by atoms with van der Waals surface area (Å²) in [7, 11) is 0. The van der Waals surface area contributed by atoms with Crippen molar-refractivity contribution >= 4 is 23.2 Å². The first kappa shape index (κ1) is 19.8. The Labute approximate surface area is 170 Å². The summed E-state index contributed by atoms with van der Waals surface area (Å²) in [6.45, 7) is 4.99. The van der Waals surface area contributed by atoms with Crippen molar-refractivity contribution in [2.45, 2.75) is 13.0 Å². The zero-order chi connectivity index (χ0) is 19.9. The Morgan fingerprint density at radius 1 is 1.14 bits per heavy atom. The van der Waals surface area contributed by atoms with Gasteiger partial charge < -0.3 is 15.1 Å². The highest BCUT2D eigenvalue weighted by atomic mass is 35.5. The van der Waals surface area contributed by atoms with E-state index in [-0.39, 0.29) is 17.5 Å². The molecule has 2 aromatic carbocycles. The molecule has 1 heterocycles. The number of benzene rings is 2. The van der Waals surface area contributed by atoms with Gasteiger partial charge in [-0.2, -0.15) is 5.26 Å². The lowest BCUT2D eigenvalue weighted by Crippen LogP contribution is -2.44. The lowest BCUT2D eigenvalue weighted by Gasteiger charge is -2.35. The van der Waals surface area contributed by atoms with Crippen molar-refractivity contribution in [2.24, 2.45) is 0 Å². The zero-order valence-corrected chi connectivity index (χ0v) is 16.6. The third-order valence-corrected chi connectivity index (χ3v) is 5.05. The van der Waals surface area contributed by atoms with Crippen molar-refractivity contribution in [3.05, 3.63) is 77.0 Å². The fourth-order valence-corrected chi connectivity index (χ4v) is 3.39. The second kappa shape index (κ2) is 9.29. The maximum atomic E-state index is 12.5. The molecule has 0 aromatic heterocycles. The summed E-state index contributed by atoms with van der Waals surface area (Å²) in [6.07, 6.45) is 1.67. The highest BCUT2D eigenvalue weighted by Gasteiger charge is 2.19. The molecule has 0 spiro atoms. The average Bonchev–Trinajstić information content (AvgIpc) is 2.73. The number of amides is 1. The van der Waals surface area contributed by atoms with Crippen LogP contribution in [0.2, 0.25) is 5.02 Å². The number of carbonyl (C=O) groups is 1.